The lowest BCUT2D eigenvalue weighted by atomic mass is 9.99. The largest absolute Gasteiger partial charge is 0.467 e. The fourth-order valence-corrected chi connectivity index (χ4v) is 4.63. The third-order valence-corrected chi connectivity index (χ3v) is 6.77. The number of nitrogens with one attached hydrogen (secondary N) is 3. The number of ether oxygens (including phenoxy) is 2. The van der Waals surface area contributed by atoms with Crippen molar-refractivity contribution in [2.75, 3.05) is 13.7 Å². The first-order chi connectivity index (χ1) is 19.5. The monoisotopic (exact) mass is 592 g/mol. The summed E-state index contributed by atoms with van der Waals surface area (Å²) in [6, 6.07) is 4.59. The van der Waals surface area contributed by atoms with Crippen LogP contribution in [0.2, 0.25) is 0 Å². The van der Waals surface area contributed by atoms with Gasteiger partial charge in [-0.25, -0.2) is 14.0 Å². The van der Waals surface area contributed by atoms with Crippen LogP contribution in [0, 0.1) is 11.8 Å². The molecule has 0 aliphatic carbocycles. The highest BCUT2D eigenvalue weighted by Crippen LogP contribution is 2.23. The topological polar surface area (TPSA) is 143 Å². The lowest BCUT2D eigenvalue weighted by Crippen LogP contribution is -2.59. The molecule has 1 heterocycles. The maximum atomic E-state index is 14.7. The molecule has 1 unspecified atom stereocenters. The van der Waals surface area contributed by atoms with E-state index in [9.17, 15) is 28.4 Å². The van der Waals surface area contributed by atoms with Crippen molar-refractivity contribution in [3.05, 3.63) is 35.9 Å². The SMILES string of the molecule is COC(=O)[C@@H](NC(=O)[C@@H](NC(=O)[C@@H]1CC(F)CN1C(=O)[C@H](Cc1ccccc1)NC(=O)OC(C)(C)C)C(C)C)C(C)C. The Hall–Kier alpha value is -3.70. The first-order valence-corrected chi connectivity index (χ1v) is 14.2. The molecule has 42 heavy (non-hydrogen) atoms. The highest BCUT2D eigenvalue weighted by Gasteiger charge is 2.44. The number of methoxy groups -OCH3 is 1. The van der Waals surface area contributed by atoms with Gasteiger partial charge < -0.3 is 30.3 Å². The van der Waals surface area contributed by atoms with Gasteiger partial charge in [-0.1, -0.05) is 58.0 Å². The third kappa shape index (κ3) is 9.99. The Morgan fingerprint density at radius 2 is 1.55 bits per heavy atom. The van der Waals surface area contributed by atoms with Crippen LogP contribution >= 0.6 is 0 Å². The number of alkyl carbamates (subject to hydrolysis) is 1. The molecule has 5 atom stereocenters. The number of carbonyl (C=O) groups excluding carboxylic acids is 5. The lowest BCUT2D eigenvalue weighted by molar-refractivity contribution is -0.147. The lowest BCUT2D eigenvalue weighted by Gasteiger charge is -2.31. The second kappa shape index (κ2) is 15.0. The van der Waals surface area contributed by atoms with Crippen LogP contribution in [-0.2, 0) is 35.1 Å². The summed E-state index contributed by atoms with van der Waals surface area (Å²) in [6.07, 6.45) is -2.50. The molecule has 4 amide bonds. The van der Waals surface area contributed by atoms with E-state index in [0.29, 0.717) is 0 Å². The minimum Gasteiger partial charge on any atom is -0.467 e. The molecule has 3 N–H and O–H groups in total. The van der Waals surface area contributed by atoms with Gasteiger partial charge in [0.25, 0.3) is 0 Å². The van der Waals surface area contributed by atoms with E-state index < -0.39 is 71.6 Å². The smallest absolute Gasteiger partial charge is 0.408 e. The van der Waals surface area contributed by atoms with Crippen LogP contribution in [0.5, 0.6) is 0 Å². The Morgan fingerprint density at radius 1 is 0.952 bits per heavy atom. The molecule has 0 aromatic heterocycles. The standard InChI is InChI=1S/C30H45FN4O7/c1-17(2)23(26(37)34-24(18(3)4)28(39)41-8)33-25(36)22-15-20(31)16-35(22)27(38)21(14-19-12-10-9-11-13-19)32-29(40)42-30(5,6)7/h9-13,17-18,20-24H,14-16H2,1-8H3,(H,32,40)(H,33,36)(H,34,37)/t20?,21-,22-,23-,24-/m0/s1. The van der Waals surface area contributed by atoms with Crippen LogP contribution in [0.15, 0.2) is 30.3 Å². The highest BCUT2D eigenvalue weighted by molar-refractivity contribution is 5.95. The number of esters is 1. The van der Waals surface area contributed by atoms with Crippen LogP contribution in [0.25, 0.3) is 0 Å². The number of amides is 4. The molecular formula is C30H45FN4O7. The number of alkyl halides is 1. The van der Waals surface area contributed by atoms with Gasteiger partial charge in [0.15, 0.2) is 0 Å². The molecule has 1 aliphatic rings. The van der Waals surface area contributed by atoms with Gasteiger partial charge in [-0.2, -0.15) is 0 Å². The van der Waals surface area contributed by atoms with Gasteiger partial charge in [0, 0.05) is 12.8 Å². The predicted molar refractivity (Wildman–Crippen MR) is 154 cm³/mol. The Morgan fingerprint density at radius 3 is 2.07 bits per heavy atom. The molecular weight excluding hydrogens is 547 g/mol. The minimum absolute atomic E-state index is 0.0852. The zero-order valence-corrected chi connectivity index (χ0v) is 25.7. The van der Waals surface area contributed by atoms with Gasteiger partial charge in [0.1, 0.15) is 35.9 Å². The molecule has 11 nitrogen and oxygen atoms in total. The summed E-state index contributed by atoms with van der Waals surface area (Å²) < 4.78 is 24.9. The van der Waals surface area contributed by atoms with Crippen LogP contribution in [0.3, 0.4) is 0 Å². The Kier molecular flexibility index (Phi) is 12.3. The van der Waals surface area contributed by atoms with Gasteiger partial charge >= 0.3 is 12.1 Å². The molecule has 1 fully saturated rings. The summed E-state index contributed by atoms with van der Waals surface area (Å²) in [5, 5.41) is 7.86. The summed E-state index contributed by atoms with van der Waals surface area (Å²) in [5.41, 5.74) is -0.0786. The molecule has 1 aliphatic heterocycles. The Labute approximate surface area is 247 Å². The van der Waals surface area contributed by atoms with E-state index in [-0.39, 0.29) is 25.3 Å². The average molecular weight is 593 g/mol. The van der Waals surface area contributed by atoms with E-state index in [1.165, 1.54) is 7.11 Å². The van der Waals surface area contributed by atoms with Crippen LogP contribution in [0.1, 0.15) is 60.5 Å². The van der Waals surface area contributed by atoms with Crippen LogP contribution < -0.4 is 16.0 Å². The first-order valence-electron chi connectivity index (χ1n) is 14.2. The minimum atomic E-state index is -1.49. The molecule has 0 spiro atoms. The molecule has 2 rings (SSSR count). The van der Waals surface area contributed by atoms with E-state index in [1.807, 2.05) is 6.07 Å². The maximum Gasteiger partial charge on any atom is 0.408 e. The average Bonchev–Trinajstić information content (AvgIpc) is 3.29. The van der Waals surface area contributed by atoms with Gasteiger partial charge in [-0.3, -0.25) is 14.4 Å². The summed E-state index contributed by atoms with van der Waals surface area (Å²) in [5.74, 6) is -3.27. The van der Waals surface area contributed by atoms with Crippen molar-refractivity contribution >= 4 is 29.8 Å². The van der Waals surface area contributed by atoms with E-state index >= 15 is 0 Å². The second-order valence-electron chi connectivity index (χ2n) is 12.2. The normalized spacial score (nSPS) is 19.1. The van der Waals surface area contributed by atoms with Gasteiger partial charge in [0.05, 0.1) is 13.7 Å². The highest BCUT2D eigenvalue weighted by atomic mass is 19.1. The van der Waals surface area contributed by atoms with E-state index in [2.05, 4.69) is 16.0 Å². The fraction of sp³-hybridized carbons (Fsp3) is 0.633. The van der Waals surface area contributed by atoms with Crippen molar-refractivity contribution in [2.24, 2.45) is 11.8 Å². The molecule has 1 aromatic carbocycles. The molecule has 12 heteroatoms. The van der Waals surface area contributed by atoms with E-state index in [0.717, 1.165) is 10.5 Å². The van der Waals surface area contributed by atoms with Crippen LogP contribution in [-0.4, -0.2) is 84.3 Å². The van der Waals surface area contributed by atoms with Gasteiger partial charge in [-0.05, 0) is 38.2 Å². The maximum absolute atomic E-state index is 14.7. The molecule has 1 saturated heterocycles. The molecule has 1 aromatic rings. The summed E-state index contributed by atoms with van der Waals surface area (Å²) in [4.78, 5) is 66.3. The van der Waals surface area contributed by atoms with Crippen molar-refractivity contribution in [3.63, 3.8) is 0 Å². The van der Waals surface area contributed by atoms with E-state index in [1.54, 1.807) is 72.7 Å². The fourth-order valence-electron chi connectivity index (χ4n) is 4.63. The second-order valence-corrected chi connectivity index (χ2v) is 12.2. The number of hydrogen-bond donors (Lipinski definition) is 3. The Balaban J connectivity index is 2.27. The van der Waals surface area contributed by atoms with Crippen molar-refractivity contribution in [3.8, 4) is 0 Å². The molecule has 0 saturated carbocycles. The van der Waals surface area contributed by atoms with Crippen molar-refractivity contribution in [1.29, 1.82) is 0 Å². The predicted octanol–water partition coefficient (Wildman–Crippen LogP) is 2.52. The number of halogens is 1. The zero-order valence-electron chi connectivity index (χ0n) is 25.7. The number of hydrogen-bond acceptors (Lipinski definition) is 7. The molecule has 234 valence electrons. The third-order valence-electron chi connectivity index (χ3n) is 6.77. The van der Waals surface area contributed by atoms with Crippen molar-refractivity contribution in [2.45, 2.75) is 97.2 Å². The number of benzene rings is 1. The summed E-state index contributed by atoms with van der Waals surface area (Å²) in [6.45, 7) is 11.6. The summed E-state index contributed by atoms with van der Waals surface area (Å²) >= 11 is 0. The number of carbonyl (C=O) groups is 5. The van der Waals surface area contributed by atoms with Crippen molar-refractivity contribution in [1.82, 2.24) is 20.9 Å². The quantitative estimate of drug-likeness (QED) is 0.335. The Bertz CT molecular complexity index is 1110. The summed E-state index contributed by atoms with van der Waals surface area (Å²) in [7, 11) is 1.22. The van der Waals surface area contributed by atoms with E-state index in [4.69, 9.17) is 9.47 Å². The van der Waals surface area contributed by atoms with Crippen molar-refractivity contribution < 1.29 is 37.8 Å². The van der Waals surface area contributed by atoms with Gasteiger partial charge in [-0.15, -0.1) is 0 Å². The zero-order chi connectivity index (χ0) is 31.8. The number of nitrogens with zero attached hydrogens (tertiary/aromatic N) is 1. The number of rotatable bonds is 11. The molecule has 0 radical (unpaired) electrons. The number of likely N-dealkylation sites (tertiary alicyclic amines) is 1. The molecule has 0 bridgehead atoms. The first kappa shape index (κ1) is 34.5. The van der Waals surface area contributed by atoms with Gasteiger partial charge in [0.2, 0.25) is 17.7 Å². The van der Waals surface area contributed by atoms with Crippen LogP contribution in [0.4, 0.5) is 9.18 Å².